The molecule has 0 amide bonds. The van der Waals surface area contributed by atoms with Gasteiger partial charge in [-0.15, -0.1) is 10.2 Å². The molecule has 2 aromatic heterocycles. The third kappa shape index (κ3) is 3.35. The Morgan fingerprint density at radius 1 is 1.04 bits per heavy atom. The van der Waals surface area contributed by atoms with Crippen molar-refractivity contribution in [2.75, 3.05) is 0 Å². The van der Waals surface area contributed by atoms with E-state index < -0.39 is 11.9 Å². The molecule has 0 radical (unpaired) electrons. The van der Waals surface area contributed by atoms with Gasteiger partial charge in [-0.05, 0) is 44.0 Å². The van der Waals surface area contributed by atoms with E-state index >= 15 is 0 Å². The highest BCUT2D eigenvalue weighted by Gasteiger charge is 2.36. The lowest BCUT2D eigenvalue weighted by atomic mass is 9.78. The van der Waals surface area contributed by atoms with Gasteiger partial charge in [-0.3, -0.25) is 14.3 Å². The first-order valence-corrected chi connectivity index (χ1v) is 9.30. The van der Waals surface area contributed by atoms with E-state index in [1.54, 1.807) is 12.4 Å². The molecule has 1 aliphatic carbocycles. The standard InChI is InChI=1S/C21H22N4O2/c1-14-6-8-16(9-7-14)25-19(15-10-12-22-13-11-15)23-24-20(25)17-4-2-3-5-18(17)21(26)27/h6-13,17-18H,2-5H2,1H3,(H,26,27). The van der Waals surface area contributed by atoms with Crippen LogP contribution in [0.5, 0.6) is 0 Å². The van der Waals surface area contributed by atoms with Gasteiger partial charge >= 0.3 is 5.97 Å². The molecule has 2 atom stereocenters. The van der Waals surface area contributed by atoms with Crippen LogP contribution in [0.1, 0.15) is 43.0 Å². The maximum Gasteiger partial charge on any atom is 0.307 e. The number of aromatic nitrogens is 4. The molecule has 1 fully saturated rings. The van der Waals surface area contributed by atoms with Crippen molar-refractivity contribution >= 4 is 5.97 Å². The third-order valence-corrected chi connectivity index (χ3v) is 5.33. The Hall–Kier alpha value is -3.02. The summed E-state index contributed by atoms with van der Waals surface area (Å²) in [6, 6.07) is 12.0. The van der Waals surface area contributed by atoms with Crippen molar-refractivity contribution in [3.8, 4) is 17.1 Å². The van der Waals surface area contributed by atoms with Gasteiger partial charge in [-0.2, -0.15) is 0 Å². The van der Waals surface area contributed by atoms with E-state index in [1.165, 1.54) is 5.56 Å². The van der Waals surface area contributed by atoms with Crippen molar-refractivity contribution in [1.82, 2.24) is 19.7 Å². The highest BCUT2D eigenvalue weighted by molar-refractivity contribution is 5.71. The van der Waals surface area contributed by atoms with Crippen LogP contribution in [0.3, 0.4) is 0 Å². The molecule has 6 heteroatoms. The second kappa shape index (κ2) is 7.31. The van der Waals surface area contributed by atoms with E-state index in [0.29, 0.717) is 12.2 Å². The van der Waals surface area contributed by atoms with Crippen LogP contribution in [-0.2, 0) is 4.79 Å². The van der Waals surface area contributed by atoms with Gasteiger partial charge in [0.05, 0.1) is 5.92 Å². The average molecular weight is 362 g/mol. The SMILES string of the molecule is Cc1ccc(-n2c(-c3ccncc3)nnc2C2CCCCC2C(=O)O)cc1. The van der Waals surface area contributed by atoms with Gasteiger partial charge in [0.1, 0.15) is 5.82 Å². The predicted molar refractivity (Wildman–Crippen MR) is 102 cm³/mol. The molecule has 1 aromatic carbocycles. The zero-order chi connectivity index (χ0) is 18.8. The molecule has 3 aromatic rings. The monoisotopic (exact) mass is 362 g/mol. The minimum atomic E-state index is -0.747. The fraction of sp³-hybridized carbons (Fsp3) is 0.333. The van der Waals surface area contributed by atoms with Gasteiger partial charge < -0.3 is 5.11 Å². The number of carboxylic acids is 1. The second-order valence-electron chi connectivity index (χ2n) is 7.12. The lowest BCUT2D eigenvalue weighted by molar-refractivity contribution is -0.143. The topological polar surface area (TPSA) is 80.9 Å². The summed E-state index contributed by atoms with van der Waals surface area (Å²) < 4.78 is 2.01. The van der Waals surface area contributed by atoms with Crippen LogP contribution >= 0.6 is 0 Å². The van der Waals surface area contributed by atoms with Gasteiger partial charge in [0.25, 0.3) is 0 Å². The number of hydrogen-bond donors (Lipinski definition) is 1. The van der Waals surface area contributed by atoms with Crippen molar-refractivity contribution in [1.29, 1.82) is 0 Å². The lowest BCUT2D eigenvalue weighted by Crippen LogP contribution is -2.27. The number of carboxylic acid groups (broad SMARTS) is 1. The summed E-state index contributed by atoms with van der Waals surface area (Å²) in [5.74, 6) is 0.144. The van der Waals surface area contributed by atoms with Crippen LogP contribution in [-0.4, -0.2) is 30.8 Å². The van der Waals surface area contributed by atoms with E-state index in [-0.39, 0.29) is 5.92 Å². The highest BCUT2D eigenvalue weighted by Crippen LogP contribution is 2.39. The average Bonchev–Trinajstić information content (AvgIpc) is 3.14. The minimum Gasteiger partial charge on any atom is -0.481 e. The van der Waals surface area contributed by atoms with E-state index in [9.17, 15) is 9.90 Å². The molecule has 2 heterocycles. The number of carbonyl (C=O) groups is 1. The number of nitrogens with zero attached hydrogens (tertiary/aromatic N) is 4. The number of rotatable bonds is 4. The normalized spacial score (nSPS) is 19.7. The number of hydrogen-bond acceptors (Lipinski definition) is 4. The van der Waals surface area contributed by atoms with Crippen molar-refractivity contribution in [2.24, 2.45) is 5.92 Å². The summed E-state index contributed by atoms with van der Waals surface area (Å²) in [4.78, 5) is 15.9. The molecular formula is C21H22N4O2. The molecule has 1 saturated carbocycles. The van der Waals surface area contributed by atoms with Gasteiger partial charge in [0, 0.05) is 29.6 Å². The molecule has 0 spiro atoms. The summed E-state index contributed by atoms with van der Waals surface area (Å²) in [6.07, 6.45) is 6.92. The number of pyridine rings is 1. The van der Waals surface area contributed by atoms with Crippen LogP contribution in [0.4, 0.5) is 0 Å². The predicted octanol–water partition coefficient (Wildman–Crippen LogP) is 4.00. The van der Waals surface area contributed by atoms with Gasteiger partial charge in [0.15, 0.2) is 5.82 Å². The summed E-state index contributed by atoms with van der Waals surface area (Å²) in [7, 11) is 0. The summed E-state index contributed by atoms with van der Waals surface area (Å²) in [5.41, 5.74) is 3.02. The van der Waals surface area contributed by atoms with Gasteiger partial charge in [-0.25, -0.2) is 0 Å². The maximum atomic E-state index is 11.8. The van der Waals surface area contributed by atoms with Crippen molar-refractivity contribution in [2.45, 2.75) is 38.5 Å². The lowest BCUT2D eigenvalue weighted by Gasteiger charge is -2.28. The van der Waals surface area contributed by atoms with Crippen LogP contribution in [0.15, 0.2) is 48.8 Å². The van der Waals surface area contributed by atoms with Crippen LogP contribution in [0.2, 0.25) is 0 Å². The second-order valence-corrected chi connectivity index (χ2v) is 7.12. The highest BCUT2D eigenvalue weighted by atomic mass is 16.4. The number of benzene rings is 1. The zero-order valence-electron chi connectivity index (χ0n) is 15.2. The van der Waals surface area contributed by atoms with Crippen LogP contribution in [0.25, 0.3) is 17.1 Å². The fourth-order valence-corrected chi connectivity index (χ4v) is 3.91. The van der Waals surface area contributed by atoms with Gasteiger partial charge in [0.2, 0.25) is 0 Å². The molecule has 27 heavy (non-hydrogen) atoms. The van der Waals surface area contributed by atoms with Gasteiger partial charge in [-0.1, -0.05) is 30.5 Å². The number of aryl methyl sites for hydroxylation is 1. The molecule has 1 aliphatic rings. The van der Waals surface area contributed by atoms with E-state index in [1.807, 2.05) is 47.9 Å². The Morgan fingerprint density at radius 2 is 1.74 bits per heavy atom. The van der Waals surface area contributed by atoms with E-state index in [4.69, 9.17) is 0 Å². The number of aliphatic carboxylic acids is 1. The zero-order valence-corrected chi connectivity index (χ0v) is 15.2. The molecule has 138 valence electrons. The molecule has 4 rings (SSSR count). The Bertz CT molecular complexity index is 935. The molecule has 1 N–H and O–H groups in total. The smallest absolute Gasteiger partial charge is 0.307 e. The van der Waals surface area contributed by atoms with Crippen molar-refractivity contribution in [3.63, 3.8) is 0 Å². The minimum absolute atomic E-state index is 0.138. The van der Waals surface area contributed by atoms with Crippen LogP contribution < -0.4 is 0 Å². The molecule has 6 nitrogen and oxygen atoms in total. The third-order valence-electron chi connectivity index (χ3n) is 5.33. The summed E-state index contributed by atoms with van der Waals surface area (Å²) in [6.45, 7) is 2.04. The molecule has 2 unspecified atom stereocenters. The Kier molecular flexibility index (Phi) is 4.71. The molecule has 0 bridgehead atoms. The molecule has 0 saturated heterocycles. The van der Waals surface area contributed by atoms with E-state index in [2.05, 4.69) is 15.2 Å². The molecular weight excluding hydrogens is 340 g/mol. The molecule has 0 aliphatic heterocycles. The first-order chi connectivity index (χ1) is 13.1. The first-order valence-electron chi connectivity index (χ1n) is 9.30. The van der Waals surface area contributed by atoms with Crippen molar-refractivity contribution in [3.05, 3.63) is 60.2 Å². The van der Waals surface area contributed by atoms with Crippen LogP contribution in [0, 0.1) is 12.8 Å². The summed E-state index contributed by atoms with van der Waals surface area (Å²) >= 11 is 0. The van der Waals surface area contributed by atoms with E-state index in [0.717, 1.165) is 36.3 Å². The Morgan fingerprint density at radius 3 is 2.44 bits per heavy atom. The fourth-order valence-electron chi connectivity index (χ4n) is 3.91. The van der Waals surface area contributed by atoms with Crippen molar-refractivity contribution < 1.29 is 9.90 Å². The summed E-state index contributed by atoms with van der Waals surface area (Å²) in [5, 5.41) is 18.6. The Labute approximate surface area is 157 Å². The first kappa shape index (κ1) is 17.4. The Balaban J connectivity index is 1.88. The largest absolute Gasteiger partial charge is 0.481 e. The quantitative estimate of drug-likeness (QED) is 0.759. The maximum absolute atomic E-state index is 11.8.